The Morgan fingerprint density at radius 1 is 1.23 bits per heavy atom. The summed E-state index contributed by atoms with van der Waals surface area (Å²) in [7, 11) is -3.31. The second-order valence-electron chi connectivity index (χ2n) is 7.06. The van der Waals surface area contributed by atoms with Gasteiger partial charge in [-0.05, 0) is 44.9 Å². The third kappa shape index (κ3) is 8.71. The highest BCUT2D eigenvalue weighted by molar-refractivity contribution is 14.0. The van der Waals surface area contributed by atoms with Crippen LogP contribution in [0.2, 0.25) is 0 Å². The smallest absolute Gasteiger partial charge is 0.213 e. The molecule has 154 valence electrons. The number of nitrogens with one attached hydrogen (secondary N) is 2. The molecule has 2 aliphatic heterocycles. The molecule has 26 heavy (non-hydrogen) atoms. The number of hydrogen-bond acceptors (Lipinski definition) is 4. The summed E-state index contributed by atoms with van der Waals surface area (Å²) in [6, 6.07) is 0. The summed E-state index contributed by atoms with van der Waals surface area (Å²) in [4.78, 5) is 6.76. The Kier molecular flexibility index (Phi) is 11.4. The molecule has 0 amide bonds. The molecule has 2 saturated heterocycles. The van der Waals surface area contributed by atoms with E-state index in [1.807, 2.05) is 6.92 Å². The van der Waals surface area contributed by atoms with E-state index in [0.717, 1.165) is 70.2 Å². The zero-order valence-corrected chi connectivity index (χ0v) is 19.2. The minimum atomic E-state index is -3.31. The number of ether oxygens (including phenoxy) is 1. The standard InChI is InChI=1S/C17H34N4O3S.HI/c1-3-18-17(21-10-7-15(2)8-11-21)19-9-13-25(22,23)20-14-16-6-4-5-12-24-16;/h15-16,20H,3-14H2,1-2H3,(H,18,19);1H. The second kappa shape index (κ2) is 12.4. The summed E-state index contributed by atoms with van der Waals surface area (Å²) in [5.41, 5.74) is 0. The summed E-state index contributed by atoms with van der Waals surface area (Å²) < 4.78 is 32.6. The molecule has 1 atom stereocenters. The van der Waals surface area contributed by atoms with Crippen molar-refractivity contribution in [2.24, 2.45) is 10.9 Å². The Balaban J connectivity index is 0.00000338. The summed E-state index contributed by atoms with van der Waals surface area (Å²) in [5.74, 6) is 1.60. The van der Waals surface area contributed by atoms with Crippen LogP contribution in [0.25, 0.3) is 0 Å². The van der Waals surface area contributed by atoms with Crippen molar-refractivity contribution in [3.63, 3.8) is 0 Å². The number of likely N-dealkylation sites (tertiary alicyclic amines) is 1. The van der Waals surface area contributed by atoms with Gasteiger partial charge in [-0.1, -0.05) is 6.92 Å². The van der Waals surface area contributed by atoms with Crippen LogP contribution in [0, 0.1) is 5.92 Å². The average Bonchev–Trinajstić information content (AvgIpc) is 2.61. The molecule has 2 rings (SSSR count). The Bertz CT molecular complexity index is 516. The highest BCUT2D eigenvalue weighted by Crippen LogP contribution is 2.16. The van der Waals surface area contributed by atoms with Gasteiger partial charge >= 0.3 is 0 Å². The summed E-state index contributed by atoms with van der Waals surface area (Å²) in [6.45, 7) is 8.44. The van der Waals surface area contributed by atoms with Crippen LogP contribution in [-0.2, 0) is 14.8 Å². The van der Waals surface area contributed by atoms with Crippen molar-refractivity contribution in [2.75, 3.05) is 45.1 Å². The molecule has 2 fully saturated rings. The van der Waals surface area contributed by atoms with Crippen LogP contribution in [0.3, 0.4) is 0 Å². The van der Waals surface area contributed by atoms with Gasteiger partial charge in [0.2, 0.25) is 10.0 Å². The predicted molar refractivity (Wildman–Crippen MR) is 117 cm³/mol. The van der Waals surface area contributed by atoms with Gasteiger partial charge in [0.15, 0.2) is 5.96 Å². The van der Waals surface area contributed by atoms with Crippen molar-refractivity contribution in [1.29, 1.82) is 0 Å². The minimum absolute atomic E-state index is 0. The molecule has 0 aromatic carbocycles. The topological polar surface area (TPSA) is 83.0 Å². The fourth-order valence-corrected chi connectivity index (χ4v) is 4.09. The first kappa shape index (κ1) is 23.9. The zero-order chi connectivity index (χ0) is 18.1. The number of halogens is 1. The molecule has 0 aromatic heterocycles. The van der Waals surface area contributed by atoms with E-state index in [4.69, 9.17) is 4.74 Å². The molecule has 1 unspecified atom stereocenters. The largest absolute Gasteiger partial charge is 0.377 e. The van der Waals surface area contributed by atoms with Crippen LogP contribution in [0.15, 0.2) is 4.99 Å². The Hall–Kier alpha value is -0.130. The minimum Gasteiger partial charge on any atom is -0.377 e. The molecule has 2 aliphatic rings. The Morgan fingerprint density at radius 2 is 1.96 bits per heavy atom. The Morgan fingerprint density at radius 3 is 2.58 bits per heavy atom. The number of hydrogen-bond donors (Lipinski definition) is 2. The van der Waals surface area contributed by atoms with Crippen molar-refractivity contribution in [2.45, 2.75) is 52.1 Å². The lowest BCUT2D eigenvalue weighted by Gasteiger charge is -2.33. The van der Waals surface area contributed by atoms with Gasteiger partial charge in [-0.15, -0.1) is 24.0 Å². The van der Waals surface area contributed by atoms with E-state index in [-0.39, 0.29) is 42.4 Å². The van der Waals surface area contributed by atoms with Gasteiger partial charge < -0.3 is 15.0 Å². The molecule has 2 heterocycles. The molecule has 0 radical (unpaired) electrons. The number of nitrogens with zero attached hydrogens (tertiary/aromatic N) is 2. The molecule has 0 bridgehead atoms. The highest BCUT2D eigenvalue weighted by atomic mass is 127. The lowest BCUT2D eigenvalue weighted by Crippen LogP contribution is -2.45. The number of sulfonamides is 1. The van der Waals surface area contributed by atoms with Crippen molar-refractivity contribution in [3.8, 4) is 0 Å². The van der Waals surface area contributed by atoms with Crippen molar-refractivity contribution < 1.29 is 13.2 Å². The zero-order valence-electron chi connectivity index (χ0n) is 16.1. The van der Waals surface area contributed by atoms with E-state index in [1.165, 1.54) is 0 Å². The molecule has 0 aromatic rings. The number of aliphatic imine (C=N–C) groups is 1. The normalized spacial score (nSPS) is 22.8. The third-order valence-corrected chi connectivity index (χ3v) is 6.17. The quantitative estimate of drug-likeness (QED) is 0.315. The first-order chi connectivity index (χ1) is 12.0. The molecule has 9 heteroatoms. The van der Waals surface area contributed by atoms with Crippen LogP contribution < -0.4 is 10.0 Å². The fraction of sp³-hybridized carbons (Fsp3) is 0.941. The lowest BCUT2D eigenvalue weighted by atomic mass is 10.00. The average molecular weight is 502 g/mol. The molecule has 0 aliphatic carbocycles. The molecule has 0 spiro atoms. The van der Waals surface area contributed by atoms with Crippen molar-refractivity contribution in [1.82, 2.24) is 14.9 Å². The van der Waals surface area contributed by atoms with Crippen LogP contribution in [0.5, 0.6) is 0 Å². The maximum absolute atomic E-state index is 12.2. The number of rotatable bonds is 7. The molecular weight excluding hydrogens is 467 g/mol. The van der Waals surface area contributed by atoms with Gasteiger partial charge in [0, 0.05) is 32.8 Å². The van der Waals surface area contributed by atoms with Gasteiger partial charge in [0.25, 0.3) is 0 Å². The Labute approximate surface area is 175 Å². The van der Waals surface area contributed by atoms with Crippen molar-refractivity contribution >= 4 is 40.0 Å². The summed E-state index contributed by atoms with van der Waals surface area (Å²) in [6.07, 6.45) is 5.44. The van der Waals surface area contributed by atoms with Gasteiger partial charge in [-0.25, -0.2) is 13.1 Å². The van der Waals surface area contributed by atoms with Crippen LogP contribution in [-0.4, -0.2) is 70.5 Å². The van der Waals surface area contributed by atoms with Crippen LogP contribution in [0.1, 0.15) is 46.0 Å². The second-order valence-corrected chi connectivity index (χ2v) is 8.99. The van der Waals surface area contributed by atoms with Gasteiger partial charge in [-0.2, -0.15) is 0 Å². The number of piperidine rings is 1. The van der Waals surface area contributed by atoms with E-state index in [9.17, 15) is 8.42 Å². The fourth-order valence-electron chi connectivity index (χ4n) is 3.18. The maximum atomic E-state index is 12.2. The van der Waals surface area contributed by atoms with Crippen molar-refractivity contribution in [3.05, 3.63) is 0 Å². The molecule has 2 N–H and O–H groups in total. The highest BCUT2D eigenvalue weighted by Gasteiger charge is 2.20. The number of guanidine groups is 1. The van der Waals surface area contributed by atoms with Gasteiger partial charge in [0.05, 0.1) is 18.4 Å². The summed E-state index contributed by atoms with van der Waals surface area (Å²) >= 11 is 0. The monoisotopic (exact) mass is 502 g/mol. The third-order valence-electron chi connectivity index (χ3n) is 4.84. The SMILES string of the molecule is CCNC(=NCCS(=O)(=O)NCC1CCCCO1)N1CCC(C)CC1.I. The summed E-state index contributed by atoms with van der Waals surface area (Å²) in [5, 5.41) is 3.28. The van der Waals surface area contributed by atoms with E-state index < -0.39 is 10.0 Å². The van der Waals surface area contributed by atoms with Crippen LogP contribution in [0.4, 0.5) is 0 Å². The lowest BCUT2D eigenvalue weighted by molar-refractivity contribution is 0.0200. The maximum Gasteiger partial charge on any atom is 0.213 e. The van der Waals surface area contributed by atoms with Crippen LogP contribution >= 0.6 is 24.0 Å². The molecular formula is C17H35IN4O3S. The first-order valence-corrected chi connectivity index (χ1v) is 11.3. The van der Waals surface area contributed by atoms with E-state index in [1.54, 1.807) is 0 Å². The van der Waals surface area contributed by atoms with E-state index in [0.29, 0.717) is 6.54 Å². The predicted octanol–water partition coefficient (Wildman–Crippen LogP) is 1.79. The molecule has 0 saturated carbocycles. The first-order valence-electron chi connectivity index (χ1n) is 9.62. The van der Waals surface area contributed by atoms with Gasteiger partial charge in [0.1, 0.15) is 0 Å². The van der Waals surface area contributed by atoms with E-state index >= 15 is 0 Å². The molecule has 7 nitrogen and oxygen atoms in total. The van der Waals surface area contributed by atoms with Gasteiger partial charge in [-0.3, -0.25) is 4.99 Å². The van der Waals surface area contributed by atoms with E-state index in [2.05, 4.69) is 26.9 Å².